The zero-order valence-corrected chi connectivity index (χ0v) is 11.3. The van der Waals surface area contributed by atoms with Crippen LogP contribution in [0.4, 0.5) is 0 Å². The van der Waals surface area contributed by atoms with Gasteiger partial charge in [0.25, 0.3) is 0 Å². The third-order valence-corrected chi connectivity index (χ3v) is 3.05. The van der Waals surface area contributed by atoms with Crippen LogP contribution >= 0.6 is 0 Å². The predicted octanol–water partition coefficient (Wildman–Crippen LogP) is 4.37. The van der Waals surface area contributed by atoms with E-state index in [1.807, 2.05) is 0 Å². The Morgan fingerprint density at radius 1 is 0.933 bits per heavy atom. The summed E-state index contributed by atoms with van der Waals surface area (Å²) in [6, 6.07) is 0.700. The van der Waals surface area contributed by atoms with Gasteiger partial charge in [-0.25, -0.2) is 0 Å². The summed E-state index contributed by atoms with van der Waals surface area (Å²) in [5, 5.41) is 3.56. The van der Waals surface area contributed by atoms with Crippen molar-refractivity contribution in [1.29, 1.82) is 0 Å². The highest BCUT2D eigenvalue weighted by molar-refractivity contribution is 4.65. The fraction of sp³-hybridized carbons (Fsp3) is 1.00. The van der Waals surface area contributed by atoms with Crippen LogP contribution in [0, 0.1) is 5.92 Å². The molecule has 0 aromatic heterocycles. The fourth-order valence-electron chi connectivity index (χ4n) is 2.12. The van der Waals surface area contributed by atoms with E-state index >= 15 is 0 Å². The molecule has 0 aliphatic rings. The monoisotopic (exact) mass is 213 g/mol. The van der Waals surface area contributed by atoms with E-state index in [-0.39, 0.29) is 0 Å². The maximum absolute atomic E-state index is 3.56. The van der Waals surface area contributed by atoms with Crippen LogP contribution < -0.4 is 5.32 Å². The minimum Gasteiger partial charge on any atom is -0.314 e. The summed E-state index contributed by atoms with van der Waals surface area (Å²) in [7, 11) is 0. The Labute approximate surface area is 97.0 Å². The van der Waals surface area contributed by atoms with Gasteiger partial charge in [-0.05, 0) is 32.2 Å². The number of nitrogens with one attached hydrogen (secondary N) is 1. The van der Waals surface area contributed by atoms with Crippen molar-refractivity contribution in [2.45, 2.75) is 78.7 Å². The standard InChI is InChI=1S/C14H31N/c1-5-7-8-9-10-13(3)12-14(4)15-11-6-2/h13-15H,5-12H2,1-4H3. The van der Waals surface area contributed by atoms with E-state index in [9.17, 15) is 0 Å². The zero-order valence-electron chi connectivity index (χ0n) is 11.3. The molecule has 0 aromatic carbocycles. The van der Waals surface area contributed by atoms with Gasteiger partial charge in [0.05, 0.1) is 0 Å². The Kier molecular flexibility index (Phi) is 10.4. The molecule has 2 unspecified atom stereocenters. The van der Waals surface area contributed by atoms with Crippen molar-refractivity contribution < 1.29 is 0 Å². The molecule has 0 fully saturated rings. The smallest absolute Gasteiger partial charge is 0.00412 e. The van der Waals surface area contributed by atoms with Gasteiger partial charge in [-0.2, -0.15) is 0 Å². The van der Waals surface area contributed by atoms with Crippen molar-refractivity contribution in [2.24, 2.45) is 5.92 Å². The molecule has 0 bridgehead atoms. The fourth-order valence-corrected chi connectivity index (χ4v) is 2.12. The van der Waals surface area contributed by atoms with E-state index in [2.05, 4.69) is 33.0 Å². The maximum atomic E-state index is 3.56. The molecule has 0 aromatic rings. The Bertz CT molecular complexity index is 123. The topological polar surface area (TPSA) is 12.0 Å². The molecule has 0 spiro atoms. The highest BCUT2D eigenvalue weighted by Crippen LogP contribution is 2.15. The summed E-state index contributed by atoms with van der Waals surface area (Å²) < 4.78 is 0. The lowest BCUT2D eigenvalue weighted by molar-refractivity contribution is 0.390. The van der Waals surface area contributed by atoms with Gasteiger partial charge in [0, 0.05) is 6.04 Å². The van der Waals surface area contributed by atoms with Gasteiger partial charge in [0.2, 0.25) is 0 Å². The second-order valence-electron chi connectivity index (χ2n) is 5.05. The van der Waals surface area contributed by atoms with E-state index < -0.39 is 0 Å². The summed E-state index contributed by atoms with van der Waals surface area (Å²) in [6.45, 7) is 10.4. The van der Waals surface area contributed by atoms with Crippen LogP contribution in [-0.2, 0) is 0 Å². The van der Waals surface area contributed by atoms with Gasteiger partial charge in [-0.3, -0.25) is 0 Å². The van der Waals surface area contributed by atoms with Crippen molar-refractivity contribution in [3.63, 3.8) is 0 Å². The third-order valence-electron chi connectivity index (χ3n) is 3.05. The molecule has 92 valence electrons. The minimum absolute atomic E-state index is 0.700. The second-order valence-corrected chi connectivity index (χ2v) is 5.05. The largest absolute Gasteiger partial charge is 0.314 e. The van der Waals surface area contributed by atoms with E-state index in [1.165, 1.54) is 51.5 Å². The number of rotatable bonds is 10. The molecule has 0 rings (SSSR count). The van der Waals surface area contributed by atoms with Gasteiger partial charge in [0.15, 0.2) is 0 Å². The summed E-state index contributed by atoms with van der Waals surface area (Å²) >= 11 is 0. The zero-order chi connectivity index (χ0) is 11.5. The average molecular weight is 213 g/mol. The van der Waals surface area contributed by atoms with Gasteiger partial charge in [-0.15, -0.1) is 0 Å². The quantitative estimate of drug-likeness (QED) is 0.531. The molecular formula is C14H31N. The molecule has 1 N–H and O–H groups in total. The molecule has 0 aliphatic carbocycles. The van der Waals surface area contributed by atoms with Gasteiger partial charge in [-0.1, -0.05) is 52.9 Å². The minimum atomic E-state index is 0.700. The number of unbranched alkanes of at least 4 members (excludes halogenated alkanes) is 3. The van der Waals surface area contributed by atoms with Crippen molar-refractivity contribution in [3.05, 3.63) is 0 Å². The first-order valence-electron chi connectivity index (χ1n) is 6.94. The predicted molar refractivity (Wildman–Crippen MR) is 70.3 cm³/mol. The molecule has 2 atom stereocenters. The molecule has 15 heavy (non-hydrogen) atoms. The van der Waals surface area contributed by atoms with Crippen LogP contribution in [0.5, 0.6) is 0 Å². The van der Waals surface area contributed by atoms with Crippen LogP contribution in [-0.4, -0.2) is 12.6 Å². The Balaban J connectivity index is 3.33. The van der Waals surface area contributed by atoms with Crippen molar-refractivity contribution >= 4 is 0 Å². The Morgan fingerprint density at radius 3 is 2.27 bits per heavy atom. The van der Waals surface area contributed by atoms with E-state index in [4.69, 9.17) is 0 Å². The highest BCUT2D eigenvalue weighted by atomic mass is 14.9. The lowest BCUT2D eigenvalue weighted by Gasteiger charge is -2.18. The van der Waals surface area contributed by atoms with Gasteiger partial charge < -0.3 is 5.32 Å². The summed E-state index contributed by atoms with van der Waals surface area (Å²) in [5.74, 6) is 0.890. The first kappa shape index (κ1) is 15.0. The summed E-state index contributed by atoms with van der Waals surface area (Å²) in [4.78, 5) is 0. The van der Waals surface area contributed by atoms with Crippen LogP contribution in [0.1, 0.15) is 72.6 Å². The second kappa shape index (κ2) is 10.5. The van der Waals surface area contributed by atoms with E-state index in [1.54, 1.807) is 0 Å². The molecular weight excluding hydrogens is 182 g/mol. The SMILES string of the molecule is CCCCCCC(C)CC(C)NCCC. The van der Waals surface area contributed by atoms with E-state index in [0.717, 1.165) is 5.92 Å². The maximum Gasteiger partial charge on any atom is 0.00412 e. The first-order chi connectivity index (χ1) is 7.20. The molecule has 0 saturated heterocycles. The molecule has 0 amide bonds. The first-order valence-corrected chi connectivity index (χ1v) is 6.94. The van der Waals surface area contributed by atoms with Crippen LogP contribution in [0.25, 0.3) is 0 Å². The lowest BCUT2D eigenvalue weighted by Crippen LogP contribution is -2.28. The number of hydrogen-bond acceptors (Lipinski definition) is 1. The molecule has 0 aliphatic heterocycles. The molecule has 0 radical (unpaired) electrons. The van der Waals surface area contributed by atoms with Gasteiger partial charge >= 0.3 is 0 Å². The van der Waals surface area contributed by atoms with Crippen LogP contribution in [0.15, 0.2) is 0 Å². The Hall–Kier alpha value is -0.0400. The highest BCUT2D eigenvalue weighted by Gasteiger charge is 2.07. The van der Waals surface area contributed by atoms with Gasteiger partial charge in [0.1, 0.15) is 0 Å². The summed E-state index contributed by atoms with van der Waals surface area (Å²) in [5.41, 5.74) is 0. The average Bonchev–Trinajstić information content (AvgIpc) is 2.21. The molecule has 0 heterocycles. The summed E-state index contributed by atoms with van der Waals surface area (Å²) in [6.07, 6.45) is 9.62. The van der Waals surface area contributed by atoms with E-state index in [0.29, 0.717) is 6.04 Å². The number of hydrogen-bond donors (Lipinski definition) is 1. The van der Waals surface area contributed by atoms with Crippen LogP contribution in [0.2, 0.25) is 0 Å². The normalized spacial score (nSPS) is 15.2. The Morgan fingerprint density at radius 2 is 1.67 bits per heavy atom. The third kappa shape index (κ3) is 10.2. The van der Waals surface area contributed by atoms with Crippen molar-refractivity contribution in [1.82, 2.24) is 5.32 Å². The van der Waals surface area contributed by atoms with Crippen molar-refractivity contribution in [3.8, 4) is 0 Å². The molecule has 1 heteroatoms. The van der Waals surface area contributed by atoms with Crippen LogP contribution in [0.3, 0.4) is 0 Å². The lowest BCUT2D eigenvalue weighted by atomic mass is 9.96. The van der Waals surface area contributed by atoms with Crippen molar-refractivity contribution in [2.75, 3.05) is 6.54 Å². The molecule has 0 saturated carbocycles. The molecule has 1 nitrogen and oxygen atoms in total.